The van der Waals surface area contributed by atoms with Crippen molar-refractivity contribution in [2.45, 2.75) is 20.4 Å². The molecular weight excluding hydrogens is 350 g/mol. The number of nitrogens with zero attached hydrogens (tertiary/aromatic N) is 1. The Morgan fingerprint density at radius 2 is 1.59 bits per heavy atom. The van der Waals surface area contributed by atoms with Crippen molar-refractivity contribution in [1.29, 1.82) is 0 Å². The maximum Gasteiger partial charge on any atom is 0.338 e. The molecule has 0 spiro atoms. The molecule has 146 valence electrons. The van der Waals surface area contributed by atoms with Gasteiger partial charge in [0.05, 0.1) is 26.4 Å². The van der Waals surface area contributed by atoms with Gasteiger partial charge in [-0.25, -0.2) is 4.79 Å². The van der Waals surface area contributed by atoms with E-state index in [1.165, 1.54) is 26.4 Å². The third-order valence-electron chi connectivity index (χ3n) is 4.31. The zero-order chi connectivity index (χ0) is 20.0. The lowest BCUT2D eigenvalue weighted by Gasteiger charge is -2.10. The van der Waals surface area contributed by atoms with Crippen LogP contribution in [0.2, 0.25) is 0 Å². The van der Waals surface area contributed by atoms with Gasteiger partial charge in [-0.15, -0.1) is 0 Å². The maximum absolute atomic E-state index is 12.5. The van der Waals surface area contributed by atoms with E-state index in [0.717, 1.165) is 11.4 Å². The Morgan fingerprint density at radius 1 is 0.963 bits per heavy atom. The first-order valence-electron chi connectivity index (χ1n) is 8.50. The second kappa shape index (κ2) is 9.23. The van der Waals surface area contributed by atoms with Crippen molar-refractivity contribution in [2.24, 2.45) is 0 Å². The second-order valence-electron chi connectivity index (χ2n) is 6.03. The van der Waals surface area contributed by atoms with Crippen molar-refractivity contribution < 1.29 is 28.5 Å². The van der Waals surface area contributed by atoms with E-state index < -0.39 is 5.97 Å². The quantitative estimate of drug-likeness (QED) is 0.496. The Hall–Kier alpha value is -2.80. The normalized spacial score (nSPS) is 10.6. The van der Waals surface area contributed by atoms with E-state index in [2.05, 4.69) is 0 Å². The first-order chi connectivity index (χ1) is 12.9. The van der Waals surface area contributed by atoms with Gasteiger partial charge in [-0.2, -0.15) is 0 Å². The van der Waals surface area contributed by atoms with Crippen molar-refractivity contribution in [3.8, 4) is 11.5 Å². The van der Waals surface area contributed by atoms with Crippen LogP contribution in [0.15, 0.2) is 24.3 Å². The highest BCUT2D eigenvalue weighted by Crippen LogP contribution is 2.23. The number of carbonyl (C=O) groups is 2. The van der Waals surface area contributed by atoms with Gasteiger partial charge >= 0.3 is 5.97 Å². The van der Waals surface area contributed by atoms with Gasteiger partial charge in [-0.1, -0.05) is 0 Å². The van der Waals surface area contributed by atoms with Gasteiger partial charge in [0, 0.05) is 36.7 Å². The lowest BCUT2D eigenvalue weighted by atomic mass is 10.1. The number of esters is 1. The summed E-state index contributed by atoms with van der Waals surface area (Å²) in [5.74, 6) is 0.0624. The summed E-state index contributed by atoms with van der Waals surface area (Å²) in [6, 6.07) is 6.52. The SMILES string of the molecule is COCCn1c(C)cc(C(=O)COC(=O)c2cc(OC)cc(OC)c2)c1C. The Balaban J connectivity index is 2.08. The number of rotatable bonds is 9. The molecule has 0 aliphatic rings. The number of hydrogen-bond donors (Lipinski definition) is 0. The van der Waals surface area contributed by atoms with Gasteiger partial charge in [0.25, 0.3) is 0 Å². The topological polar surface area (TPSA) is 76.0 Å². The zero-order valence-corrected chi connectivity index (χ0v) is 16.3. The molecule has 0 unspecified atom stereocenters. The number of Topliss-reactive ketones (excluding diaryl/α,β-unsaturated/α-hetero) is 1. The summed E-state index contributed by atoms with van der Waals surface area (Å²) in [5.41, 5.74) is 2.58. The lowest BCUT2D eigenvalue weighted by molar-refractivity contribution is 0.0474. The number of aromatic nitrogens is 1. The largest absolute Gasteiger partial charge is 0.497 e. The molecule has 7 nitrogen and oxygen atoms in total. The van der Waals surface area contributed by atoms with E-state index in [0.29, 0.717) is 30.2 Å². The van der Waals surface area contributed by atoms with Crippen molar-refractivity contribution in [1.82, 2.24) is 4.57 Å². The van der Waals surface area contributed by atoms with Crippen LogP contribution < -0.4 is 9.47 Å². The van der Waals surface area contributed by atoms with E-state index in [1.54, 1.807) is 19.2 Å². The summed E-state index contributed by atoms with van der Waals surface area (Å²) >= 11 is 0. The van der Waals surface area contributed by atoms with Crippen LogP contribution in [-0.4, -0.2) is 50.9 Å². The molecule has 7 heteroatoms. The van der Waals surface area contributed by atoms with Gasteiger partial charge in [-0.3, -0.25) is 4.79 Å². The number of carbonyl (C=O) groups excluding carboxylic acids is 2. The number of hydrogen-bond acceptors (Lipinski definition) is 6. The molecule has 0 bridgehead atoms. The summed E-state index contributed by atoms with van der Waals surface area (Å²) < 4.78 is 22.6. The number of ketones is 1. The Kier molecular flexibility index (Phi) is 7.01. The van der Waals surface area contributed by atoms with Crippen LogP contribution >= 0.6 is 0 Å². The molecule has 0 N–H and O–H groups in total. The van der Waals surface area contributed by atoms with Crippen LogP contribution in [0.3, 0.4) is 0 Å². The average molecular weight is 375 g/mol. The van der Waals surface area contributed by atoms with Crippen molar-refractivity contribution in [3.05, 3.63) is 46.8 Å². The molecule has 0 saturated carbocycles. The Bertz CT molecular complexity index is 802. The highest BCUT2D eigenvalue weighted by molar-refractivity contribution is 6.00. The summed E-state index contributed by atoms with van der Waals surface area (Å²) in [7, 11) is 4.62. The minimum atomic E-state index is -0.617. The van der Waals surface area contributed by atoms with Crippen LogP contribution in [0.5, 0.6) is 11.5 Å². The smallest absolute Gasteiger partial charge is 0.338 e. The van der Waals surface area contributed by atoms with Gasteiger partial charge in [0.1, 0.15) is 11.5 Å². The summed E-state index contributed by atoms with van der Waals surface area (Å²) in [5, 5.41) is 0. The third kappa shape index (κ3) is 4.89. The molecule has 1 heterocycles. The van der Waals surface area contributed by atoms with E-state index in [-0.39, 0.29) is 18.0 Å². The fourth-order valence-corrected chi connectivity index (χ4v) is 2.83. The molecule has 1 aromatic carbocycles. The number of aryl methyl sites for hydroxylation is 1. The molecule has 2 rings (SSSR count). The summed E-state index contributed by atoms with van der Waals surface area (Å²) in [6.07, 6.45) is 0. The molecule has 1 aromatic heterocycles. The molecule has 0 radical (unpaired) electrons. The van der Waals surface area contributed by atoms with Gasteiger partial charge in [0.15, 0.2) is 6.61 Å². The number of ether oxygens (including phenoxy) is 4. The molecular formula is C20H25NO6. The van der Waals surface area contributed by atoms with E-state index >= 15 is 0 Å². The molecule has 0 amide bonds. The van der Waals surface area contributed by atoms with Gasteiger partial charge < -0.3 is 23.5 Å². The molecule has 0 saturated heterocycles. The highest BCUT2D eigenvalue weighted by Gasteiger charge is 2.18. The predicted molar refractivity (Wildman–Crippen MR) is 99.9 cm³/mol. The third-order valence-corrected chi connectivity index (χ3v) is 4.31. The van der Waals surface area contributed by atoms with Crippen LogP contribution in [-0.2, 0) is 16.0 Å². The first-order valence-corrected chi connectivity index (χ1v) is 8.50. The van der Waals surface area contributed by atoms with Crippen molar-refractivity contribution in [3.63, 3.8) is 0 Å². The van der Waals surface area contributed by atoms with Crippen LogP contribution in [0, 0.1) is 13.8 Å². The molecule has 27 heavy (non-hydrogen) atoms. The molecule has 0 aliphatic heterocycles. The van der Waals surface area contributed by atoms with Gasteiger partial charge in [0.2, 0.25) is 5.78 Å². The molecule has 0 fully saturated rings. The second-order valence-corrected chi connectivity index (χ2v) is 6.03. The highest BCUT2D eigenvalue weighted by atomic mass is 16.5. The summed E-state index contributed by atoms with van der Waals surface area (Å²) in [4.78, 5) is 24.8. The molecule has 0 aliphatic carbocycles. The van der Waals surface area contributed by atoms with E-state index in [9.17, 15) is 9.59 Å². The number of methoxy groups -OCH3 is 3. The monoisotopic (exact) mass is 375 g/mol. The van der Waals surface area contributed by atoms with E-state index in [4.69, 9.17) is 18.9 Å². The fraction of sp³-hybridized carbons (Fsp3) is 0.400. The summed E-state index contributed by atoms with van der Waals surface area (Å²) in [6.45, 7) is 4.66. The van der Waals surface area contributed by atoms with Crippen LogP contribution in [0.4, 0.5) is 0 Å². The first kappa shape index (κ1) is 20.5. The van der Waals surface area contributed by atoms with Gasteiger partial charge in [-0.05, 0) is 32.0 Å². The average Bonchev–Trinajstić information content (AvgIpc) is 2.97. The standard InChI is InChI=1S/C20H25NO6/c1-13-8-18(14(2)21(13)6-7-24-3)19(22)12-27-20(23)15-9-16(25-4)11-17(10-15)26-5/h8-11H,6-7,12H2,1-5H3. The van der Waals surface area contributed by atoms with Crippen LogP contribution in [0.1, 0.15) is 32.1 Å². The van der Waals surface area contributed by atoms with Crippen molar-refractivity contribution in [2.75, 3.05) is 34.5 Å². The lowest BCUT2D eigenvalue weighted by Crippen LogP contribution is -2.15. The molecule has 0 atom stereocenters. The Labute approximate surface area is 158 Å². The van der Waals surface area contributed by atoms with Crippen LogP contribution in [0.25, 0.3) is 0 Å². The minimum absolute atomic E-state index is 0.254. The Morgan fingerprint density at radius 3 is 2.15 bits per heavy atom. The maximum atomic E-state index is 12.5. The van der Waals surface area contributed by atoms with Crippen molar-refractivity contribution >= 4 is 11.8 Å². The number of benzene rings is 1. The predicted octanol–water partition coefficient (Wildman–Crippen LogP) is 2.81. The molecule has 2 aromatic rings. The minimum Gasteiger partial charge on any atom is -0.497 e. The fourth-order valence-electron chi connectivity index (χ4n) is 2.83. The zero-order valence-electron chi connectivity index (χ0n) is 16.3. The van der Waals surface area contributed by atoms with E-state index in [1.807, 2.05) is 18.4 Å².